The minimum absolute atomic E-state index is 0.0627. The van der Waals surface area contributed by atoms with E-state index in [-0.39, 0.29) is 12.1 Å². The van der Waals surface area contributed by atoms with Gasteiger partial charge in [0.1, 0.15) is 11.9 Å². The molecule has 0 atom stereocenters. The number of nitrogens with one attached hydrogen (secondary N) is 2. The number of carbonyl (C=O) groups excluding carboxylic acids is 1. The maximum absolute atomic E-state index is 12.0. The summed E-state index contributed by atoms with van der Waals surface area (Å²) in [7, 11) is 1.62. The van der Waals surface area contributed by atoms with Crippen LogP contribution in [0.2, 0.25) is 0 Å². The highest BCUT2D eigenvalue weighted by Gasteiger charge is 2.24. The Morgan fingerprint density at radius 3 is 2.88 bits per heavy atom. The third kappa shape index (κ3) is 3.05. The fourth-order valence-electron chi connectivity index (χ4n) is 3.37. The van der Waals surface area contributed by atoms with E-state index in [4.69, 9.17) is 9.47 Å². The van der Waals surface area contributed by atoms with E-state index in [1.165, 1.54) is 11.1 Å². The molecule has 25 heavy (non-hydrogen) atoms. The molecule has 0 unspecified atom stereocenters. The van der Waals surface area contributed by atoms with Crippen molar-refractivity contribution in [3.63, 3.8) is 0 Å². The van der Waals surface area contributed by atoms with Crippen LogP contribution < -0.4 is 15.4 Å². The van der Waals surface area contributed by atoms with Gasteiger partial charge in [0.25, 0.3) is 0 Å². The molecule has 2 heterocycles. The second-order valence-corrected chi connectivity index (χ2v) is 6.33. The van der Waals surface area contributed by atoms with Crippen LogP contribution in [0.25, 0.3) is 11.1 Å². The van der Waals surface area contributed by atoms with E-state index in [0.29, 0.717) is 19.0 Å². The monoisotopic (exact) mass is 339 g/mol. The highest BCUT2D eigenvalue weighted by molar-refractivity contribution is 5.97. The summed E-state index contributed by atoms with van der Waals surface area (Å²) in [6, 6.07) is 5.93. The quantitative estimate of drug-likeness (QED) is 0.898. The van der Waals surface area contributed by atoms with Crippen LogP contribution in [0.5, 0.6) is 5.75 Å². The first-order valence-electron chi connectivity index (χ1n) is 8.58. The zero-order valence-corrected chi connectivity index (χ0v) is 14.2. The van der Waals surface area contributed by atoms with Gasteiger partial charge in [0, 0.05) is 24.4 Å². The Balaban J connectivity index is 1.78. The number of hydrogen-bond acceptors (Lipinski definition) is 4. The number of fused-ring (bicyclic) bond motifs is 1. The molecule has 2 amide bonds. The van der Waals surface area contributed by atoms with Crippen molar-refractivity contribution in [1.82, 2.24) is 10.3 Å². The number of urea groups is 1. The Morgan fingerprint density at radius 1 is 1.24 bits per heavy atom. The molecule has 0 saturated carbocycles. The average Bonchev–Trinajstić information content (AvgIpc) is 3.08. The summed E-state index contributed by atoms with van der Waals surface area (Å²) >= 11 is 0. The van der Waals surface area contributed by atoms with Crippen molar-refractivity contribution in [1.29, 1.82) is 0 Å². The van der Waals surface area contributed by atoms with E-state index in [9.17, 15) is 4.79 Å². The maximum Gasteiger partial charge on any atom is 0.319 e. The van der Waals surface area contributed by atoms with Crippen molar-refractivity contribution in [2.75, 3.05) is 25.6 Å². The molecule has 130 valence electrons. The minimum atomic E-state index is -0.217. The van der Waals surface area contributed by atoms with Crippen LogP contribution in [0.15, 0.2) is 30.6 Å². The zero-order valence-electron chi connectivity index (χ0n) is 14.2. The van der Waals surface area contributed by atoms with E-state index in [0.717, 1.165) is 36.1 Å². The first-order valence-corrected chi connectivity index (χ1v) is 8.58. The molecule has 1 aromatic heterocycles. The SMILES string of the molecule is CNC(=O)Nc1c(-c2ccncc2OC2COC2)ccc2c1CCC2. The Kier molecular flexibility index (Phi) is 4.28. The number of aromatic nitrogens is 1. The minimum Gasteiger partial charge on any atom is -0.483 e. The molecule has 1 aromatic carbocycles. The maximum atomic E-state index is 12.0. The van der Waals surface area contributed by atoms with E-state index in [1.807, 2.05) is 6.07 Å². The summed E-state index contributed by atoms with van der Waals surface area (Å²) in [5.41, 5.74) is 5.29. The summed E-state index contributed by atoms with van der Waals surface area (Å²) in [5.74, 6) is 0.716. The smallest absolute Gasteiger partial charge is 0.319 e. The number of anilines is 1. The van der Waals surface area contributed by atoms with Gasteiger partial charge in [0.2, 0.25) is 0 Å². The third-order valence-electron chi connectivity index (χ3n) is 4.72. The van der Waals surface area contributed by atoms with Gasteiger partial charge < -0.3 is 20.1 Å². The summed E-state index contributed by atoms with van der Waals surface area (Å²) in [4.78, 5) is 16.2. The van der Waals surface area contributed by atoms with Crippen LogP contribution in [-0.2, 0) is 17.6 Å². The fraction of sp³-hybridized carbons (Fsp3) is 0.368. The second kappa shape index (κ2) is 6.72. The molecule has 1 aliphatic heterocycles. The molecule has 6 nitrogen and oxygen atoms in total. The van der Waals surface area contributed by atoms with Gasteiger partial charge in [-0.05, 0) is 36.5 Å². The molecule has 0 radical (unpaired) electrons. The number of hydrogen-bond donors (Lipinski definition) is 2. The lowest BCUT2D eigenvalue weighted by atomic mass is 9.97. The standard InChI is InChI=1S/C19H21N3O3/c1-20-19(23)22-18-14-4-2-3-12(14)5-6-16(18)15-7-8-21-9-17(15)25-13-10-24-11-13/h5-9,13H,2-4,10-11H2,1H3,(H2,20,22,23). The van der Waals surface area contributed by atoms with E-state index >= 15 is 0 Å². The van der Waals surface area contributed by atoms with Crippen molar-refractivity contribution in [2.45, 2.75) is 25.4 Å². The zero-order chi connectivity index (χ0) is 17.2. The highest BCUT2D eigenvalue weighted by atomic mass is 16.6. The lowest BCUT2D eigenvalue weighted by molar-refractivity contribution is -0.0795. The molecule has 0 spiro atoms. The molecular formula is C19H21N3O3. The fourth-order valence-corrected chi connectivity index (χ4v) is 3.37. The van der Waals surface area contributed by atoms with Crippen molar-refractivity contribution in [2.24, 2.45) is 0 Å². The van der Waals surface area contributed by atoms with Crippen molar-refractivity contribution in [3.05, 3.63) is 41.7 Å². The van der Waals surface area contributed by atoms with Crippen LogP contribution in [0.1, 0.15) is 17.5 Å². The lowest BCUT2D eigenvalue weighted by Crippen LogP contribution is -2.38. The third-order valence-corrected chi connectivity index (χ3v) is 4.72. The van der Waals surface area contributed by atoms with Gasteiger partial charge in [-0.2, -0.15) is 0 Å². The van der Waals surface area contributed by atoms with Gasteiger partial charge in [-0.1, -0.05) is 12.1 Å². The molecule has 0 bridgehead atoms. The second-order valence-electron chi connectivity index (χ2n) is 6.33. The molecule has 1 aliphatic carbocycles. The molecule has 1 fully saturated rings. The van der Waals surface area contributed by atoms with Crippen LogP contribution in [0, 0.1) is 0 Å². The van der Waals surface area contributed by atoms with Gasteiger partial charge in [-0.15, -0.1) is 0 Å². The number of amides is 2. The Bertz CT molecular complexity index is 802. The molecule has 2 aliphatic rings. The first kappa shape index (κ1) is 15.9. The molecular weight excluding hydrogens is 318 g/mol. The number of nitrogens with zero attached hydrogens (tertiary/aromatic N) is 1. The Morgan fingerprint density at radius 2 is 2.12 bits per heavy atom. The largest absolute Gasteiger partial charge is 0.483 e. The summed E-state index contributed by atoms with van der Waals surface area (Å²) in [6.07, 6.45) is 6.67. The van der Waals surface area contributed by atoms with Crippen molar-refractivity contribution < 1.29 is 14.3 Å². The Labute approximate surface area is 146 Å². The predicted octanol–water partition coefficient (Wildman–Crippen LogP) is 2.77. The van der Waals surface area contributed by atoms with Gasteiger partial charge in [-0.3, -0.25) is 4.98 Å². The van der Waals surface area contributed by atoms with Gasteiger partial charge in [0.15, 0.2) is 0 Å². The summed E-state index contributed by atoms with van der Waals surface area (Å²) in [5, 5.41) is 5.66. The lowest BCUT2D eigenvalue weighted by Gasteiger charge is -2.28. The molecule has 2 N–H and O–H groups in total. The van der Waals surface area contributed by atoms with E-state index in [2.05, 4.69) is 27.8 Å². The molecule has 4 rings (SSSR count). The number of carbonyl (C=O) groups is 1. The van der Waals surface area contributed by atoms with Gasteiger partial charge in [0.05, 0.1) is 25.1 Å². The molecule has 2 aromatic rings. The number of pyridine rings is 1. The van der Waals surface area contributed by atoms with Crippen LogP contribution in [0.3, 0.4) is 0 Å². The molecule has 1 saturated heterocycles. The number of rotatable bonds is 4. The highest BCUT2D eigenvalue weighted by Crippen LogP contribution is 2.41. The predicted molar refractivity (Wildman–Crippen MR) is 95.0 cm³/mol. The molecule has 6 heteroatoms. The van der Waals surface area contributed by atoms with Crippen LogP contribution in [0.4, 0.5) is 10.5 Å². The number of ether oxygens (including phenoxy) is 2. The Hall–Kier alpha value is -2.60. The number of benzene rings is 1. The van der Waals surface area contributed by atoms with Crippen LogP contribution >= 0.6 is 0 Å². The van der Waals surface area contributed by atoms with Gasteiger partial charge in [-0.25, -0.2) is 4.79 Å². The van der Waals surface area contributed by atoms with Crippen molar-refractivity contribution in [3.8, 4) is 16.9 Å². The van der Waals surface area contributed by atoms with Crippen LogP contribution in [-0.4, -0.2) is 37.4 Å². The number of aryl methyl sites for hydroxylation is 1. The summed E-state index contributed by atoms with van der Waals surface area (Å²) < 4.78 is 11.2. The van der Waals surface area contributed by atoms with Crippen molar-refractivity contribution >= 4 is 11.7 Å². The summed E-state index contributed by atoms with van der Waals surface area (Å²) in [6.45, 7) is 1.20. The topological polar surface area (TPSA) is 72.5 Å². The first-order chi connectivity index (χ1) is 12.3. The van der Waals surface area contributed by atoms with E-state index in [1.54, 1.807) is 19.4 Å². The van der Waals surface area contributed by atoms with E-state index < -0.39 is 0 Å². The normalized spacial score (nSPS) is 16.0. The van der Waals surface area contributed by atoms with Gasteiger partial charge >= 0.3 is 6.03 Å². The average molecular weight is 339 g/mol.